The largest absolute Gasteiger partial charge is 0.379 e. The summed E-state index contributed by atoms with van der Waals surface area (Å²) >= 11 is 1.41. The lowest BCUT2D eigenvalue weighted by atomic mass is 10.4. The molecule has 0 bridgehead atoms. The first kappa shape index (κ1) is 12.5. The number of aromatic nitrogens is 1. The van der Waals surface area contributed by atoms with E-state index in [2.05, 4.69) is 10.3 Å². The van der Waals surface area contributed by atoms with Crippen LogP contribution >= 0.6 is 11.3 Å². The van der Waals surface area contributed by atoms with Crippen molar-refractivity contribution in [1.29, 1.82) is 0 Å². The molecular formula is C11H17N3O2S. The van der Waals surface area contributed by atoms with Crippen molar-refractivity contribution in [1.82, 2.24) is 10.3 Å². The van der Waals surface area contributed by atoms with Gasteiger partial charge in [-0.2, -0.15) is 0 Å². The van der Waals surface area contributed by atoms with Crippen LogP contribution in [0.4, 0.5) is 0 Å². The van der Waals surface area contributed by atoms with E-state index in [1.165, 1.54) is 24.2 Å². The molecule has 2 rings (SSSR count). The molecule has 17 heavy (non-hydrogen) atoms. The van der Waals surface area contributed by atoms with E-state index in [4.69, 9.17) is 10.5 Å². The molecule has 0 spiro atoms. The highest BCUT2D eigenvalue weighted by atomic mass is 32.1. The van der Waals surface area contributed by atoms with Crippen molar-refractivity contribution in [3.63, 3.8) is 0 Å². The molecule has 0 aromatic carbocycles. The molecule has 1 saturated carbocycles. The van der Waals surface area contributed by atoms with E-state index in [9.17, 15) is 4.79 Å². The van der Waals surface area contributed by atoms with Crippen LogP contribution in [0.2, 0.25) is 0 Å². The fraction of sp³-hybridized carbons (Fsp3) is 0.636. The Balaban J connectivity index is 1.62. The molecule has 0 radical (unpaired) electrons. The van der Waals surface area contributed by atoms with Gasteiger partial charge >= 0.3 is 0 Å². The third-order valence-electron chi connectivity index (χ3n) is 2.54. The SMILES string of the molecule is NCc1nc(C(=O)NCCOCC2CC2)cs1. The molecule has 1 heterocycles. The second-order valence-corrected chi connectivity index (χ2v) is 5.05. The minimum Gasteiger partial charge on any atom is -0.379 e. The van der Waals surface area contributed by atoms with Crippen molar-refractivity contribution in [2.24, 2.45) is 11.7 Å². The first-order chi connectivity index (χ1) is 8.29. The van der Waals surface area contributed by atoms with Crippen molar-refractivity contribution in [3.8, 4) is 0 Å². The standard InChI is InChI=1S/C11H17N3O2S/c12-5-10-14-9(7-17-10)11(15)13-3-4-16-6-8-1-2-8/h7-8H,1-6,12H2,(H,13,15). The average molecular weight is 255 g/mol. The Hall–Kier alpha value is -0.980. The Morgan fingerprint density at radius 2 is 2.47 bits per heavy atom. The maximum atomic E-state index is 11.6. The van der Waals surface area contributed by atoms with Crippen LogP contribution in [-0.4, -0.2) is 30.6 Å². The number of nitrogens with two attached hydrogens (primary N) is 1. The molecule has 1 amide bonds. The van der Waals surface area contributed by atoms with Gasteiger partial charge in [0.25, 0.3) is 5.91 Å². The van der Waals surface area contributed by atoms with Crippen molar-refractivity contribution >= 4 is 17.2 Å². The number of carbonyl (C=O) groups excluding carboxylic acids is 1. The van der Waals surface area contributed by atoms with Crippen LogP contribution in [0.15, 0.2) is 5.38 Å². The van der Waals surface area contributed by atoms with Gasteiger partial charge in [-0.25, -0.2) is 4.98 Å². The summed E-state index contributed by atoms with van der Waals surface area (Å²) in [5, 5.41) is 5.27. The molecule has 0 saturated heterocycles. The molecule has 0 atom stereocenters. The van der Waals surface area contributed by atoms with E-state index < -0.39 is 0 Å². The molecule has 5 nitrogen and oxygen atoms in total. The molecular weight excluding hydrogens is 238 g/mol. The average Bonchev–Trinajstić information content (AvgIpc) is 3.03. The van der Waals surface area contributed by atoms with Crippen molar-refractivity contribution in [3.05, 3.63) is 16.1 Å². The number of amides is 1. The molecule has 3 N–H and O–H groups in total. The lowest BCUT2D eigenvalue weighted by Crippen LogP contribution is -2.27. The first-order valence-corrected chi connectivity index (χ1v) is 6.68. The highest BCUT2D eigenvalue weighted by Crippen LogP contribution is 2.28. The lowest BCUT2D eigenvalue weighted by Gasteiger charge is -2.04. The Labute approximate surface area is 104 Å². The lowest BCUT2D eigenvalue weighted by molar-refractivity contribution is 0.0902. The van der Waals surface area contributed by atoms with E-state index >= 15 is 0 Å². The predicted molar refractivity (Wildman–Crippen MR) is 65.9 cm³/mol. The minimum absolute atomic E-state index is 0.157. The second kappa shape index (κ2) is 6.09. The van der Waals surface area contributed by atoms with Crippen molar-refractivity contribution in [2.45, 2.75) is 19.4 Å². The molecule has 0 aliphatic heterocycles. The smallest absolute Gasteiger partial charge is 0.270 e. The number of carbonyl (C=O) groups is 1. The number of rotatable bonds is 7. The monoisotopic (exact) mass is 255 g/mol. The zero-order chi connectivity index (χ0) is 12.1. The van der Waals surface area contributed by atoms with Gasteiger partial charge in [0.2, 0.25) is 0 Å². The molecule has 1 aliphatic carbocycles. The minimum atomic E-state index is -0.157. The number of hydrogen-bond donors (Lipinski definition) is 2. The summed E-state index contributed by atoms with van der Waals surface area (Å²) in [5.74, 6) is 0.604. The van der Waals surface area contributed by atoms with Crippen LogP contribution in [0.1, 0.15) is 28.3 Å². The zero-order valence-electron chi connectivity index (χ0n) is 9.65. The highest BCUT2D eigenvalue weighted by molar-refractivity contribution is 7.09. The molecule has 0 unspecified atom stereocenters. The van der Waals surface area contributed by atoms with Crippen LogP contribution in [0.3, 0.4) is 0 Å². The molecule has 94 valence electrons. The summed E-state index contributed by atoms with van der Waals surface area (Å²) in [4.78, 5) is 15.7. The van der Waals surface area contributed by atoms with E-state index in [1.807, 2.05) is 0 Å². The van der Waals surface area contributed by atoms with E-state index in [1.54, 1.807) is 5.38 Å². The Bertz CT molecular complexity index is 377. The zero-order valence-corrected chi connectivity index (χ0v) is 10.5. The number of thiazole rings is 1. The van der Waals surface area contributed by atoms with Crippen molar-refractivity contribution in [2.75, 3.05) is 19.8 Å². The van der Waals surface area contributed by atoms with Crippen LogP contribution in [0.5, 0.6) is 0 Å². The van der Waals surface area contributed by atoms with Gasteiger partial charge in [-0.1, -0.05) is 0 Å². The Morgan fingerprint density at radius 1 is 1.65 bits per heavy atom. The summed E-state index contributed by atoms with van der Waals surface area (Å²) in [7, 11) is 0. The first-order valence-electron chi connectivity index (χ1n) is 5.80. The summed E-state index contributed by atoms with van der Waals surface area (Å²) in [5.41, 5.74) is 5.88. The van der Waals surface area contributed by atoms with Gasteiger partial charge in [0.15, 0.2) is 0 Å². The fourth-order valence-electron chi connectivity index (χ4n) is 1.37. The third kappa shape index (κ3) is 4.07. The van der Waals surface area contributed by atoms with Gasteiger partial charge in [-0.15, -0.1) is 11.3 Å². The molecule has 1 fully saturated rings. The maximum absolute atomic E-state index is 11.6. The summed E-state index contributed by atoms with van der Waals surface area (Å²) in [6.45, 7) is 2.30. The van der Waals surface area contributed by atoms with Gasteiger partial charge in [0.1, 0.15) is 10.7 Å². The topological polar surface area (TPSA) is 77.2 Å². The highest BCUT2D eigenvalue weighted by Gasteiger charge is 2.20. The summed E-state index contributed by atoms with van der Waals surface area (Å²) in [6, 6.07) is 0. The van der Waals surface area contributed by atoms with E-state index in [0.717, 1.165) is 17.5 Å². The Morgan fingerprint density at radius 3 is 3.12 bits per heavy atom. The predicted octanol–water partition coefficient (Wildman–Crippen LogP) is 0.758. The van der Waals surface area contributed by atoms with Gasteiger partial charge in [-0.05, 0) is 18.8 Å². The van der Waals surface area contributed by atoms with Gasteiger partial charge in [0.05, 0.1) is 6.61 Å². The normalized spacial score (nSPS) is 14.9. The van der Waals surface area contributed by atoms with Gasteiger partial charge in [0, 0.05) is 25.1 Å². The van der Waals surface area contributed by atoms with Crippen LogP contribution in [0, 0.1) is 5.92 Å². The number of nitrogens with one attached hydrogen (secondary N) is 1. The molecule has 6 heteroatoms. The quantitative estimate of drug-likeness (QED) is 0.705. The van der Waals surface area contributed by atoms with Gasteiger partial charge < -0.3 is 15.8 Å². The fourth-order valence-corrected chi connectivity index (χ4v) is 2.03. The van der Waals surface area contributed by atoms with Crippen LogP contribution in [0.25, 0.3) is 0 Å². The number of hydrogen-bond acceptors (Lipinski definition) is 5. The van der Waals surface area contributed by atoms with E-state index in [0.29, 0.717) is 25.4 Å². The van der Waals surface area contributed by atoms with Gasteiger partial charge in [-0.3, -0.25) is 4.79 Å². The maximum Gasteiger partial charge on any atom is 0.270 e. The van der Waals surface area contributed by atoms with Crippen LogP contribution in [-0.2, 0) is 11.3 Å². The molecule has 1 aromatic heterocycles. The Kier molecular flexibility index (Phi) is 4.47. The summed E-state index contributed by atoms with van der Waals surface area (Å²) in [6.07, 6.45) is 2.57. The van der Waals surface area contributed by atoms with Crippen molar-refractivity contribution < 1.29 is 9.53 Å². The number of nitrogens with zero attached hydrogens (tertiary/aromatic N) is 1. The second-order valence-electron chi connectivity index (χ2n) is 4.10. The van der Waals surface area contributed by atoms with E-state index in [-0.39, 0.29) is 5.91 Å². The molecule has 1 aromatic rings. The van der Waals surface area contributed by atoms with Crippen LogP contribution < -0.4 is 11.1 Å². The summed E-state index contributed by atoms with van der Waals surface area (Å²) < 4.78 is 5.42. The molecule has 1 aliphatic rings. The third-order valence-corrected chi connectivity index (χ3v) is 3.41. The number of ether oxygens (including phenoxy) is 1.